The largest absolute Gasteiger partial charge is 0.356 e. The molecule has 7 heteroatoms. The van der Waals surface area contributed by atoms with Crippen molar-refractivity contribution in [3.8, 4) is 0 Å². The molecular formula is C15H21BrIN5. The molecule has 0 aliphatic heterocycles. The second-order valence-corrected chi connectivity index (χ2v) is 5.52. The Morgan fingerprint density at radius 1 is 1.27 bits per heavy atom. The van der Waals surface area contributed by atoms with Crippen molar-refractivity contribution in [1.29, 1.82) is 0 Å². The summed E-state index contributed by atoms with van der Waals surface area (Å²) in [4.78, 5) is 4.22. The molecule has 1 aromatic carbocycles. The maximum Gasteiger partial charge on any atom is 0.191 e. The van der Waals surface area contributed by atoms with Crippen LogP contribution in [0.25, 0.3) is 0 Å². The van der Waals surface area contributed by atoms with E-state index in [4.69, 9.17) is 0 Å². The number of guanidine groups is 1. The molecule has 1 heterocycles. The van der Waals surface area contributed by atoms with Crippen molar-refractivity contribution >= 4 is 45.9 Å². The average molecular weight is 478 g/mol. The Hall–Kier alpha value is -1.09. The number of halogens is 2. The number of hydrogen-bond acceptors (Lipinski definition) is 2. The summed E-state index contributed by atoms with van der Waals surface area (Å²) >= 11 is 3.43. The van der Waals surface area contributed by atoms with Crippen molar-refractivity contribution in [3.05, 3.63) is 52.8 Å². The third-order valence-electron chi connectivity index (χ3n) is 3.01. The Morgan fingerprint density at radius 2 is 2.05 bits per heavy atom. The molecule has 0 aliphatic rings. The van der Waals surface area contributed by atoms with E-state index in [1.54, 1.807) is 13.2 Å². The number of nitrogens with zero attached hydrogens (tertiary/aromatic N) is 3. The van der Waals surface area contributed by atoms with Gasteiger partial charge in [-0.1, -0.05) is 28.1 Å². The third kappa shape index (κ3) is 6.78. The van der Waals surface area contributed by atoms with Crippen molar-refractivity contribution in [3.63, 3.8) is 0 Å². The van der Waals surface area contributed by atoms with Crippen LogP contribution in [0.3, 0.4) is 0 Å². The van der Waals surface area contributed by atoms with Gasteiger partial charge in [0.1, 0.15) is 0 Å². The van der Waals surface area contributed by atoms with Crippen LogP contribution in [0.2, 0.25) is 0 Å². The van der Waals surface area contributed by atoms with Crippen LogP contribution in [0.15, 0.2) is 52.2 Å². The summed E-state index contributed by atoms with van der Waals surface area (Å²) in [6.07, 6.45) is 4.77. The molecule has 0 bridgehead atoms. The predicted octanol–water partition coefficient (Wildman–Crippen LogP) is 3.02. The van der Waals surface area contributed by atoms with Gasteiger partial charge < -0.3 is 10.6 Å². The van der Waals surface area contributed by atoms with Gasteiger partial charge in [0.2, 0.25) is 0 Å². The van der Waals surface area contributed by atoms with Crippen LogP contribution in [0.5, 0.6) is 0 Å². The molecule has 0 unspecified atom stereocenters. The Bertz CT molecular complexity index is 554. The number of rotatable bonds is 6. The third-order valence-corrected chi connectivity index (χ3v) is 3.54. The molecule has 120 valence electrons. The quantitative estimate of drug-likeness (QED) is 0.291. The zero-order valence-electron chi connectivity index (χ0n) is 12.5. The summed E-state index contributed by atoms with van der Waals surface area (Å²) < 4.78 is 3.02. The number of aromatic nitrogens is 2. The van der Waals surface area contributed by atoms with Crippen LogP contribution in [0, 0.1) is 0 Å². The van der Waals surface area contributed by atoms with Gasteiger partial charge in [-0.05, 0) is 30.2 Å². The van der Waals surface area contributed by atoms with Crippen LogP contribution in [0.1, 0.15) is 12.0 Å². The first-order chi connectivity index (χ1) is 10.3. The van der Waals surface area contributed by atoms with Crippen molar-refractivity contribution in [2.75, 3.05) is 13.6 Å². The van der Waals surface area contributed by atoms with Crippen LogP contribution >= 0.6 is 39.9 Å². The van der Waals surface area contributed by atoms with Gasteiger partial charge in [-0.2, -0.15) is 5.10 Å². The normalized spacial score (nSPS) is 10.9. The molecule has 0 amide bonds. The van der Waals surface area contributed by atoms with Crippen LogP contribution < -0.4 is 10.6 Å². The Kier molecular flexibility index (Phi) is 9.14. The first-order valence-corrected chi connectivity index (χ1v) is 7.73. The van der Waals surface area contributed by atoms with Gasteiger partial charge in [0.15, 0.2) is 5.96 Å². The lowest BCUT2D eigenvalue weighted by atomic mass is 10.2. The standard InChI is InChI=1S/C15H20BrN5.HI/c1-17-15(18-8-2-10-21-11-3-9-20-21)19-12-13-4-6-14(16)7-5-13;/h3-7,9,11H,2,8,10,12H2,1H3,(H2,17,18,19);1H. The average Bonchev–Trinajstić information content (AvgIpc) is 3.01. The molecule has 0 saturated carbocycles. The summed E-state index contributed by atoms with van der Waals surface area (Å²) in [7, 11) is 1.78. The minimum atomic E-state index is 0. The van der Waals surface area contributed by atoms with E-state index in [0.29, 0.717) is 0 Å². The van der Waals surface area contributed by atoms with Crippen molar-refractivity contribution in [1.82, 2.24) is 20.4 Å². The van der Waals surface area contributed by atoms with Crippen molar-refractivity contribution in [2.24, 2.45) is 4.99 Å². The topological polar surface area (TPSA) is 54.2 Å². The Balaban J connectivity index is 0.00000242. The molecule has 5 nitrogen and oxygen atoms in total. The monoisotopic (exact) mass is 477 g/mol. The SMILES string of the molecule is CN=C(NCCCn1cccn1)NCc1ccc(Br)cc1.I. The number of benzene rings is 1. The first-order valence-electron chi connectivity index (χ1n) is 6.94. The van der Waals surface area contributed by atoms with Gasteiger partial charge >= 0.3 is 0 Å². The van der Waals surface area contributed by atoms with E-state index in [-0.39, 0.29) is 24.0 Å². The van der Waals surface area contributed by atoms with Crippen molar-refractivity contribution < 1.29 is 0 Å². The lowest BCUT2D eigenvalue weighted by molar-refractivity contribution is 0.570. The molecule has 2 N–H and O–H groups in total. The second-order valence-electron chi connectivity index (χ2n) is 4.60. The number of aliphatic imine (C=N–C) groups is 1. The van der Waals surface area contributed by atoms with E-state index in [9.17, 15) is 0 Å². The van der Waals surface area contributed by atoms with Crippen LogP contribution in [0.4, 0.5) is 0 Å². The maximum atomic E-state index is 4.22. The van der Waals surface area contributed by atoms with E-state index in [0.717, 1.165) is 36.5 Å². The van der Waals surface area contributed by atoms with Crippen LogP contribution in [-0.2, 0) is 13.1 Å². The van der Waals surface area contributed by atoms with E-state index in [1.807, 2.05) is 29.1 Å². The van der Waals surface area contributed by atoms with E-state index >= 15 is 0 Å². The summed E-state index contributed by atoms with van der Waals surface area (Å²) in [6.45, 7) is 2.52. The number of aryl methyl sites for hydroxylation is 1. The highest BCUT2D eigenvalue weighted by Crippen LogP contribution is 2.10. The Morgan fingerprint density at radius 3 is 2.68 bits per heavy atom. The summed E-state index contributed by atoms with van der Waals surface area (Å²) in [6, 6.07) is 10.2. The molecular weight excluding hydrogens is 457 g/mol. The summed E-state index contributed by atoms with van der Waals surface area (Å²) in [5.74, 6) is 0.818. The molecule has 0 aliphatic carbocycles. The highest BCUT2D eigenvalue weighted by atomic mass is 127. The Labute approximate surface area is 156 Å². The molecule has 0 radical (unpaired) electrons. The second kappa shape index (κ2) is 10.6. The molecule has 1 aromatic heterocycles. The lowest BCUT2D eigenvalue weighted by Gasteiger charge is -2.12. The smallest absolute Gasteiger partial charge is 0.191 e. The van der Waals surface area contributed by atoms with Gasteiger partial charge in [-0.25, -0.2) is 0 Å². The molecule has 0 saturated heterocycles. The molecule has 2 rings (SSSR count). The molecule has 0 fully saturated rings. The highest BCUT2D eigenvalue weighted by molar-refractivity contribution is 14.0. The molecule has 0 atom stereocenters. The summed E-state index contributed by atoms with van der Waals surface area (Å²) in [5, 5.41) is 10.8. The number of hydrogen-bond donors (Lipinski definition) is 2. The van der Waals surface area contributed by atoms with Crippen molar-refractivity contribution in [2.45, 2.75) is 19.5 Å². The van der Waals surface area contributed by atoms with E-state index in [2.05, 4.69) is 48.8 Å². The zero-order valence-corrected chi connectivity index (χ0v) is 16.4. The predicted molar refractivity (Wildman–Crippen MR) is 105 cm³/mol. The molecule has 2 aromatic rings. The van der Waals surface area contributed by atoms with Gasteiger partial charge in [0, 0.05) is 43.5 Å². The van der Waals surface area contributed by atoms with E-state index < -0.39 is 0 Å². The number of nitrogens with one attached hydrogen (secondary N) is 2. The minimum Gasteiger partial charge on any atom is -0.356 e. The van der Waals surface area contributed by atoms with Gasteiger partial charge in [-0.15, -0.1) is 24.0 Å². The fourth-order valence-electron chi connectivity index (χ4n) is 1.89. The summed E-state index contributed by atoms with van der Waals surface area (Å²) in [5.41, 5.74) is 1.22. The van der Waals surface area contributed by atoms with E-state index in [1.165, 1.54) is 5.56 Å². The molecule has 22 heavy (non-hydrogen) atoms. The lowest BCUT2D eigenvalue weighted by Crippen LogP contribution is -2.37. The van der Waals surface area contributed by atoms with Crippen LogP contribution in [-0.4, -0.2) is 29.3 Å². The fourth-order valence-corrected chi connectivity index (χ4v) is 2.15. The zero-order chi connectivity index (χ0) is 14.9. The highest BCUT2D eigenvalue weighted by Gasteiger charge is 1.98. The first kappa shape index (κ1) is 19.0. The van der Waals surface area contributed by atoms with Gasteiger partial charge in [-0.3, -0.25) is 9.67 Å². The van der Waals surface area contributed by atoms with Gasteiger partial charge in [0.05, 0.1) is 0 Å². The maximum absolute atomic E-state index is 4.22. The fraction of sp³-hybridized carbons (Fsp3) is 0.333. The molecule has 0 spiro atoms. The minimum absolute atomic E-state index is 0. The van der Waals surface area contributed by atoms with Gasteiger partial charge in [0.25, 0.3) is 0 Å².